The predicted molar refractivity (Wildman–Crippen MR) is 361 cm³/mol. The summed E-state index contributed by atoms with van der Waals surface area (Å²) in [5.41, 5.74) is 7.07. The molecular weight excluding hydrogens is 1050 g/mol. The highest BCUT2D eigenvalue weighted by Gasteiger charge is 2.43. The Morgan fingerprint density at radius 3 is 0.723 bits per heavy atom. The lowest BCUT2D eigenvalue weighted by atomic mass is 10.1. The van der Waals surface area contributed by atoms with Crippen LogP contribution in [0.4, 0.5) is 0 Å². The van der Waals surface area contributed by atoms with E-state index in [0.29, 0.717) is 0 Å². The minimum Gasteiger partial charge on any atom is -0.309 e. The molecule has 0 radical (unpaired) electrons. The fourth-order valence-electron chi connectivity index (χ4n) is 13.6. The van der Waals surface area contributed by atoms with Crippen LogP contribution in [0.15, 0.2) is 346 Å². The highest BCUT2D eigenvalue weighted by Crippen LogP contribution is 2.40. The molecule has 0 saturated heterocycles. The zero-order valence-electron chi connectivity index (χ0n) is 45.8. The molecule has 0 bridgehead atoms. The fraction of sp³-hybridized carbons (Fsp3) is 0. The topological polar surface area (TPSA) is 9.86 Å². The smallest absolute Gasteiger partial charge is 0.179 e. The van der Waals surface area contributed by atoms with E-state index < -0.39 is 24.1 Å². The number of nitrogens with zero attached hydrogens (tertiary/aromatic N) is 2. The van der Waals surface area contributed by atoms with E-state index in [-0.39, 0.29) is 0 Å². The van der Waals surface area contributed by atoms with E-state index in [1.165, 1.54) is 101 Å². The van der Waals surface area contributed by atoms with Crippen molar-refractivity contribution in [1.82, 2.24) is 9.13 Å². The second kappa shape index (κ2) is 21.3. The normalized spacial score (nSPS) is 12.0. The number of aromatic nitrogens is 2. The molecule has 0 fully saturated rings. The Kier molecular flexibility index (Phi) is 12.9. The van der Waals surface area contributed by atoms with E-state index in [4.69, 9.17) is 0 Å². The van der Waals surface area contributed by atoms with E-state index in [1.54, 1.807) is 0 Å². The largest absolute Gasteiger partial charge is 0.309 e. The maximum atomic E-state index is 2.57. The molecule has 0 amide bonds. The van der Waals surface area contributed by atoms with Crippen molar-refractivity contribution in [1.29, 1.82) is 0 Å². The van der Waals surface area contributed by atoms with Crippen molar-refractivity contribution in [3.05, 3.63) is 346 Å². The third-order valence-electron chi connectivity index (χ3n) is 17.2. The van der Waals surface area contributed by atoms with Gasteiger partial charge in [-0.05, 0) is 126 Å². The van der Waals surface area contributed by atoms with Crippen molar-refractivity contribution in [2.45, 2.75) is 0 Å². The molecule has 2 nitrogen and oxygen atoms in total. The highest BCUT2D eigenvalue weighted by atomic mass is 31.1. The molecule has 0 spiro atoms. The molecule has 392 valence electrons. The van der Waals surface area contributed by atoms with Gasteiger partial charge < -0.3 is 9.13 Å². The van der Waals surface area contributed by atoms with Gasteiger partial charge >= 0.3 is 0 Å². The van der Waals surface area contributed by atoms with Crippen LogP contribution < -0.4 is 57.4 Å². The van der Waals surface area contributed by atoms with Gasteiger partial charge in [-0.25, -0.2) is 0 Å². The molecule has 5 heteroatoms. The Bertz CT molecular complexity index is 4270. The monoisotopic (exact) mass is 1110 g/mol. The zero-order chi connectivity index (χ0) is 55.2. The summed E-state index contributed by atoms with van der Waals surface area (Å²) in [6.45, 7) is 0. The second-order valence-electron chi connectivity index (χ2n) is 21.6. The molecule has 0 unspecified atom stereocenters. The fourth-order valence-corrected chi connectivity index (χ4v) is 25.5. The summed E-state index contributed by atoms with van der Waals surface area (Å²) >= 11 is 0. The first-order chi connectivity index (χ1) is 41.2. The van der Waals surface area contributed by atoms with Gasteiger partial charge in [-0.1, -0.05) is 285 Å². The lowest BCUT2D eigenvalue weighted by Crippen LogP contribution is -2.74. The van der Waals surface area contributed by atoms with Gasteiger partial charge in [-0.3, -0.25) is 0 Å². The molecule has 0 atom stereocenters. The summed E-state index contributed by atoms with van der Waals surface area (Å²) < 4.78 is 4.96. The lowest BCUT2D eigenvalue weighted by molar-refractivity contribution is 1.18. The van der Waals surface area contributed by atoms with E-state index in [0.717, 1.165) is 11.4 Å². The standard InChI is InChI=1S/C78H57N2PSi2/c1-10-28-58(29-11-1)79-75-50-46-61(54-71(75)73-56-69(48-52-77(73)79)82(63-34-16-4-17-35-63,64-36-18-5-19-37-64)65-38-20-6-21-39-65)81(60-32-14-3-15-33-60)62-47-51-76-72(55-62)74-57-70(49-53-78(74)80(76)59-30-12-2-13-31-59)83(66-40-22-7-23-41-66,67-42-24-8-25-43-67)68-44-26-9-27-45-68/h1-57H. The number of hydrogen-bond donors (Lipinski definition) is 0. The van der Waals surface area contributed by atoms with Crippen LogP contribution in [-0.4, -0.2) is 25.3 Å². The van der Waals surface area contributed by atoms with Gasteiger partial charge in [0.05, 0.1) is 22.1 Å². The molecule has 0 N–H and O–H groups in total. The summed E-state index contributed by atoms with van der Waals surface area (Å²) in [6.07, 6.45) is 0. The van der Waals surface area contributed by atoms with Gasteiger partial charge in [0.2, 0.25) is 0 Å². The third-order valence-corrected chi connectivity index (χ3v) is 29.1. The van der Waals surface area contributed by atoms with Gasteiger partial charge in [0, 0.05) is 32.9 Å². The van der Waals surface area contributed by atoms with Crippen molar-refractivity contribution in [2.24, 2.45) is 0 Å². The molecule has 83 heavy (non-hydrogen) atoms. The van der Waals surface area contributed by atoms with Crippen molar-refractivity contribution < 1.29 is 0 Å². The van der Waals surface area contributed by atoms with Gasteiger partial charge in [-0.2, -0.15) is 0 Å². The molecule has 15 rings (SSSR count). The average Bonchev–Trinajstić information content (AvgIpc) is 4.29. The first-order valence-electron chi connectivity index (χ1n) is 28.7. The van der Waals surface area contributed by atoms with Gasteiger partial charge in [-0.15, -0.1) is 0 Å². The highest BCUT2D eigenvalue weighted by molar-refractivity contribution is 7.79. The molecule has 2 aromatic heterocycles. The van der Waals surface area contributed by atoms with Crippen LogP contribution in [0, 0.1) is 0 Å². The van der Waals surface area contributed by atoms with Crippen LogP contribution in [0.5, 0.6) is 0 Å². The maximum absolute atomic E-state index is 2.87. The van der Waals surface area contributed by atoms with Crippen LogP contribution in [0.1, 0.15) is 0 Å². The van der Waals surface area contributed by atoms with Gasteiger partial charge in [0.1, 0.15) is 0 Å². The molecular formula is C78H57N2PSi2. The molecule has 13 aromatic carbocycles. The summed E-state index contributed by atoms with van der Waals surface area (Å²) in [5.74, 6) is 0. The Morgan fingerprint density at radius 1 is 0.193 bits per heavy atom. The summed E-state index contributed by atoms with van der Waals surface area (Å²) in [5, 5.41) is 19.8. The van der Waals surface area contributed by atoms with Crippen molar-refractivity contribution in [2.75, 3.05) is 0 Å². The van der Waals surface area contributed by atoms with Crippen LogP contribution >= 0.6 is 7.92 Å². The molecule has 0 aliphatic carbocycles. The molecule has 0 saturated carbocycles. The summed E-state index contributed by atoms with van der Waals surface area (Å²) in [7, 11) is -6.80. The SMILES string of the molecule is c1ccc(-n2c3ccc(P(c4ccccc4)c4ccc5c(c4)c4cc([Si](c6ccccc6)(c6ccccc6)c6ccccc6)ccc4n5-c4ccccc4)cc3c3cc([Si](c4ccccc4)(c4ccccc4)c4ccccc4)ccc32)cc1. The van der Waals surface area contributed by atoms with Gasteiger partial charge in [0.25, 0.3) is 0 Å². The van der Waals surface area contributed by atoms with E-state index >= 15 is 0 Å². The van der Waals surface area contributed by atoms with Crippen molar-refractivity contribution in [3.63, 3.8) is 0 Å². The van der Waals surface area contributed by atoms with E-state index in [1.807, 2.05) is 0 Å². The first-order valence-corrected chi connectivity index (χ1v) is 34.0. The van der Waals surface area contributed by atoms with Crippen molar-refractivity contribution in [3.8, 4) is 11.4 Å². The number of fused-ring (bicyclic) bond motifs is 6. The molecule has 0 aliphatic heterocycles. The minimum absolute atomic E-state index is 1.07. The van der Waals surface area contributed by atoms with E-state index in [9.17, 15) is 0 Å². The van der Waals surface area contributed by atoms with Gasteiger partial charge in [0.15, 0.2) is 16.1 Å². The Balaban J connectivity index is 0.988. The molecule has 0 aliphatic rings. The maximum Gasteiger partial charge on any atom is 0.179 e. The Morgan fingerprint density at radius 2 is 0.434 bits per heavy atom. The van der Waals surface area contributed by atoms with Crippen LogP contribution in [0.2, 0.25) is 0 Å². The lowest BCUT2D eigenvalue weighted by Gasteiger charge is -2.34. The summed E-state index contributed by atoms with van der Waals surface area (Å²) in [6, 6.07) is 130. The number of hydrogen-bond acceptors (Lipinski definition) is 0. The molecule has 2 heterocycles. The summed E-state index contributed by atoms with van der Waals surface area (Å²) in [4.78, 5) is 0. The predicted octanol–water partition coefficient (Wildman–Crippen LogP) is 12.4. The third kappa shape index (κ3) is 8.40. The first kappa shape index (κ1) is 50.3. The van der Waals surface area contributed by atoms with Crippen LogP contribution in [0.25, 0.3) is 55.0 Å². The quantitative estimate of drug-likeness (QED) is 0.0619. The average molecular weight is 1110 g/mol. The number of rotatable bonds is 13. The van der Waals surface area contributed by atoms with E-state index in [2.05, 4.69) is 355 Å². The number of para-hydroxylation sites is 2. The number of benzene rings is 13. The zero-order valence-corrected chi connectivity index (χ0v) is 48.6. The second-order valence-corrected chi connectivity index (χ2v) is 31.4. The minimum atomic E-state index is -2.87. The van der Waals surface area contributed by atoms with Crippen LogP contribution in [0.3, 0.4) is 0 Å². The molecule has 15 aromatic rings. The Labute approximate surface area is 488 Å². The van der Waals surface area contributed by atoms with Crippen molar-refractivity contribution >= 4 is 125 Å². The van der Waals surface area contributed by atoms with Crippen LogP contribution in [-0.2, 0) is 0 Å². The Hall–Kier alpha value is -9.68.